The number of benzene rings is 1. The number of methoxy groups -OCH3 is 1. The second kappa shape index (κ2) is 7.02. The topological polar surface area (TPSA) is 12.5 Å². The number of nitrogens with zero attached hydrogens (tertiary/aromatic N) is 1. The van der Waals surface area contributed by atoms with Gasteiger partial charge in [-0.1, -0.05) is 36.2 Å². The lowest BCUT2D eigenvalue weighted by Gasteiger charge is -2.21. The summed E-state index contributed by atoms with van der Waals surface area (Å²) in [5, 5.41) is 0. The highest BCUT2D eigenvalue weighted by molar-refractivity contribution is 9.10. The largest absolute Gasteiger partial charge is 0.496 e. The first kappa shape index (κ1) is 14.5. The lowest BCUT2D eigenvalue weighted by Crippen LogP contribution is -2.23. The van der Waals surface area contributed by atoms with Crippen molar-refractivity contribution in [1.82, 2.24) is 4.90 Å². The minimum Gasteiger partial charge on any atom is -0.496 e. The molecule has 2 nitrogen and oxygen atoms in total. The molecule has 1 aromatic rings. The Morgan fingerprint density at radius 3 is 2.71 bits per heavy atom. The Kier molecular flexibility index (Phi) is 6.00. The van der Waals surface area contributed by atoms with Crippen LogP contribution in [0.25, 0.3) is 0 Å². The predicted octanol–water partition coefficient (Wildman–Crippen LogP) is 3.94. The van der Waals surface area contributed by atoms with Crippen molar-refractivity contribution in [1.29, 1.82) is 0 Å². The van der Waals surface area contributed by atoms with E-state index in [9.17, 15) is 0 Å². The SMILES string of the molecule is CCC(C)CN(C)Cc1cc(Br)ccc1OC. The van der Waals surface area contributed by atoms with E-state index < -0.39 is 0 Å². The number of rotatable bonds is 6. The molecule has 0 N–H and O–H groups in total. The molecule has 3 heteroatoms. The molecule has 1 unspecified atom stereocenters. The Hall–Kier alpha value is -0.540. The summed E-state index contributed by atoms with van der Waals surface area (Å²) in [4.78, 5) is 2.35. The third-order valence-electron chi connectivity index (χ3n) is 3.00. The van der Waals surface area contributed by atoms with Gasteiger partial charge >= 0.3 is 0 Å². The van der Waals surface area contributed by atoms with Crippen LogP contribution in [0.4, 0.5) is 0 Å². The van der Waals surface area contributed by atoms with Gasteiger partial charge in [0.05, 0.1) is 7.11 Å². The molecule has 0 aliphatic heterocycles. The number of halogens is 1. The van der Waals surface area contributed by atoms with Crippen LogP contribution in [0.15, 0.2) is 22.7 Å². The molecule has 0 fully saturated rings. The lowest BCUT2D eigenvalue weighted by molar-refractivity contribution is 0.270. The molecule has 0 amide bonds. The van der Waals surface area contributed by atoms with Crippen LogP contribution < -0.4 is 4.74 Å². The van der Waals surface area contributed by atoms with E-state index in [0.717, 1.165) is 29.2 Å². The minimum atomic E-state index is 0.734. The lowest BCUT2D eigenvalue weighted by atomic mass is 10.1. The molecule has 0 saturated carbocycles. The zero-order chi connectivity index (χ0) is 12.8. The van der Waals surface area contributed by atoms with Gasteiger partial charge in [-0.25, -0.2) is 0 Å². The minimum absolute atomic E-state index is 0.734. The molecular formula is C14H22BrNO. The molecule has 96 valence electrons. The molecule has 0 bridgehead atoms. The summed E-state index contributed by atoms with van der Waals surface area (Å²) < 4.78 is 6.49. The highest BCUT2D eigenvalue weighted by Crippen LogP contribution is 2.24. The van der Waals surface area contributed by atoms with Crippen molar-refractivity contribution < 1.29 is 4.74 Å². The van der Waals surface area contributed by atoms with Gasteiger partial charge in [-0.05, 0) is 31.2 Å². The summed E-state index contributed by atoms with van der Waals surface area (Å²) >= 11 is 3.51. The number of ether oxygens (including phenoxy) is 1. The quantitative estimate of drug-likeness (QED) is 0.789. The van der Waals surface area contributed by atoms with Crippen molar-refractivity contribution in [3.05, 3.63) is 28.2 Å². The fourth-order valence-electron chi connectivity index (χ4n) is 1.89. The first-order valence-electron chi connectivity index (χ1n) is 6.07. The van der Waals surface area contributed by atoms with Gasteiger partial charge in [0.25, 0.3) is 0 Å². The Bertz CT molecular complexity index is 354. The summed E-state index contributed by atoms with van der Waals surface area (Å²) in [5.41, 5.74) is 1.23. The molecule has 0 radical (unpaired) electrons. The van der Waals surface area contributed by atoms with Crippen LogP contribution >= 0.6 is 15.9 Å². The molecule has 1 atom stereocenters. The van der Waals surface area contributed by atoms with Crippen LogP contribution in [0.5, 0.6) is 5.75 Å². The molecule has 0 spiro atoms. The van der Waals surface area contributed by atoms with Crippen LogP contribution in [-0.2, 0) is 6.54 Å². The zero-order valence-corrected chi connectivity index (χ0v) is 12.8. The third-order valence-corrected chi connectivity index (χ3v) is 3.50. The monoisotopic (exact) mass is 299 g/mol. The van der Waals surface area contributed by atoms with Crippen molar-refractivity contribution in [3.63, 3.8) is 0 Å². The van der Waals surface area contributed by atoms with E-state index in [1.807, 2.05) is 12.1 Å². The van der Waals surface area contributed by atoms with Gasteiger partial charge in [-0.15, -0.1) is 0 Å². The highest BCUT2D eigenvalue weighted by Gasteiger charge is 2.09. The van der Waals surface area contributed by atoms with E-state index >= 15 is 0 Å². The van der Waals surface area contributed by atoms with E-state index in [0.29, 0.717) is 0 Å². The Morgan fingerprint density at radius 2 is 2.12 bits per heavy atom. The average molecular weight is 300 g/mol. The Morgan fingerprint density at radius 1 is 1.41 bits per heavy atom. The molecular weight excluding hydrogens is 278 g/mol. The second-order valence-electron chi connectivity index (χ2n) is 4.67. The van der Waals surface area contributed by atoms with E-state index in [-0.39, 0.29) is 0 Å². The average Bonchev–Trinajstić information content (AvgIpc) is 2.29. The van der Waals surface area contributed by atoms with E-state index in [1.165, 1.54) is 12.0 Å². The van der Waals surface area contributed by atoms with E-state index in [1.54, 1.807) is 7.11 Å². The van der Waals surface area contributed by atoms with E-state index in [4.69, 9.17) is 4.74 Å². The maximum absolute atomic E-state index is 5.39. The molecule has 1 aromatic carbocycles. The highest BCUT2D eigenvalue weighted by atomic mass is 79.9. The molecule has 17 heavy (non-hydrogen) atoms. The van der Waals surface area contributed by atoms with E-state index in [2.05, 4.69) is 47.8 Å². The van der Waals surface area contributed by atoms with Crippen molar-refractivity contribution >= 4 is 15.9 Å². The van der Waals surface area contributed by atoms with Gasteiger partial charge in [0.1, 0.15) is 5.75 Å². The molecule has 1 rings (SSSR count). The maximum atomic E-state index is 5.39. The summed E-state index contributed by atoms with van der Waals surface area (Å²) in [6.45, 7) is 6.56. The van der Waals surface area contributed by atoms with Crippen molar-refractivity contribution in [2.75, 3.05) is 20.7 Å². The van der Waals surface area contributed by atoms with Crippen molar-refractivity contribution in [2.24, 2.45) is 5.92 Å². The normalized spacial score (nSPS) is 12.8. The zero-order valence-electron chi connectivity index (χ0n) is 11.2. The molecule has 0 heterocycles. The van der Waals surface area contributed by atoms with Crippen LogP contribution in [0.1, 0.15) is 25.8 Å². The molecule has 0 aliphatic rings. The summed E-state index contributed by atoms with van der Waals surface area (Å²) in [7, 11) is 3.88. The fraction of sp³-hybridized carbons (Fsp3) is 0.571. The van der Waals surface area contributed by atoms with Crippen LogP contribution in [0, 0.1) is 5.92 Å². The molecule has 0 saturated heterocycles. The standard InChI is InChI=1S/C14H22BrNO/c1-5-11(2)9-16(3)10-12-8-13(15)6-7-14(12)17-4/h6-8,11H,5,9-10H2,1-4H3. The van der Waals surface area contributed by atoms with Crippen LogP contribution in [0.3, 0.4) is 0 Å². The van der Waals surface area contributed by atoms with Gasteiger partial charge in [0.2, 0.25) is 0 Å². The summed E-state index contributed by atoms with van der Waals surface area (Å²) in [5.74, 6) is 1.70. The third kappa shape index (κ3) is 4.68. The first-order chi connectivity index (χ1) is 8.06. The smallest absolute Gasteiger partial charge is 0.123 e. The summed E-state index contributed by atoms with van der Waals surface area (Å²) in [6.07, 6.45) is 1.22. The number of hydrogen-bond donors (Lipinski definition) is 0. The number of hydrogen-bond acceptors (Lipinski definition) is 2. The van der Waals surface area contributed by atoms with Crippen molar-refractivity contribution in [2.45, 2.75) is 26.8 Å². The van der Waals surface area contributed by atoms with Gasteiger partial charge in [0.15, 0.2) is 0 Å². The van der Waals surface area contributed by atoms with Crippen LogP contribution in [-0.4, -0.2) is 25.6 Å². The first-order valence-corrected chi connectivity index (χ1v) is 6.87. The van der Waals surface area contributed by atoms with Crippen molar-refractivity contribution in [3.8, 4) is 5.75 Å². The van der Waals surface area contributed by atoms with Crippen LogP contribution in [0.2, 0.25) is 0 Å². The second-order valence-corrected chi connectivity index (χ2v) is 5.58. The Balaban J connectivity index is 2.69. The Labute approximate surface area is 113 Å². The van der Waals surface area contributed by atoms with Gasteiger partial charge in [-0.2, -0.15) is 0 Å². The van der Waals surface area contributed by atoms with Gasteiger partial charge in [0, 0.05) is 23.1 Å². The predicted molar refractivity (Wildman–Crippen MR) is 76.5 cm³/mol. The fourth-order valence-corrected chi connectivity index (χ4v) is 2.30. The summed E-state index contributed by atoms with van der Waals surface area (Å²) in [6, 6.07) is 6.15. The molecule has 0 aliphatic carbocycles. The molecule has 0 aromatic heterocycles. The van der Waals surface area contributed by atoms with Gasteiger partial charge in [-0.3, -0.25) is 0 Å². The maximum Gasteiger partial charge on any atom is 0.123 e. The van der Waals surface area contributed by atoms with Gasteiger partial charge < -0.3 is 9.64 Å².